The number of aliphatic hydroxyl groups is 1. The predicted octanol–water partition coefficient (Wildman–Crippen LogP) is 4.33. The van der Waals surface area contributed by atoms with Crippen molar-refractivity contribution in [3.05, 3.63) is 65.2 Å². The molecule has 5 rings (SSSR count). The molecule has 1 saturated carbocycles. The van der Waals surface area contributed by atoms with E-state index in [-0.39, 0.29) is 52.8 Å². The van der Waals surface area contributed by atoms with Crippen molar-refractivity contribution in [1.82, 2.24) is 14.9 Å². The molecule has 1 fully saturated rings. The van der Waals surface area contributed by atoms with Crippen LogP contribution in [-0.4, -0.2) is 59.1 Å². The summed E-state index contributed by atoms with van der Waals surface area (Å²) in [6.07, 6.45) is 1.13. The smallest absolute Gasteiger partial charge is 0.264 e. The zero-order valence-corrected chi connectivity index (χ0v) is 23.4. The van der Waals surface area contributed by atoms with E-state index < -0.39 is 16.1 Å². The molecule has 2 heterocycles. The number of rotatable bonds is 4. The van der Waals surface area contributed by atoms with Crippen molar-refractivity contribution in [2.75, 3.05) is 11.3 Å². The lowest BCUT2D eigenvalue weighted by atomic mass is 9.85. The van der Waals surface area contributed by atoms with Gasteiger partial charge in [-0.1, -0.05) is 38.1 Å². The fourth-order valence-electron chi connectivity index (χ4n) is 5.42. The number of sulfonamides is 1. The van der Waals surface area contributed by atoms with Crippen LogP contribution in [-0.2, 0) is 10.0 Å². The van der Waals surface area contributed by atoms with Crippen molar-refractivity contribution in [2.24, 2.45) is 5.92 Å². The minimum atomic E-state index is -4.11. The maximum atomic E-state index is 13.9. The fourth-order valence-corrected chi connectivity index (χ4v) is 6.41. The van der Waals surface area contributed by atoms with Crippen molar-refractivity contribution in [3.63, 3.8) is 0 Å². The SMILES string of the molecule is Cc1cccc(C)c1-c1cc2nc(n1)NS(=O)(=O)c1cccc(c1)C(=O)N(C1CC(O)C1)[C@H](CC(C)C)CO2. The zero-order valence-electron chi connectivity index (χ0n) is 22.6. The van der Waals surface area contributed by atoms with Gasteiger partial charge in [0, 0.05) is 23.2 Å². The van der Waals surface area contributed by atoms with Gasteiger partial charge in [0.1, 0.15) is 6.61 Å². The third-order valence-corrected chi connectivity index (χ3v) is 8.66. The molecule has 1 aromatic heterocycles. The lowest BCUT2D eigenvalue weighted by Crippen LogP contribution is -2.56. The van der Waals surface area contributed by atoms with Crippen LogP contribution in [0.3, 0.4) is 0 Å². The summed E-state index contributed by atoms with van der Waals surface area (Å²) in [4.78, 5) is 24.6. The molecule has 1 atom stereocenters. The van der Waals surface area contributed by atoms with Crippen LogP contribution in [0, 0.1) is 19.8 Å². The summed E-state index contributed by atoms with van der Waals surface area (Å²) in [5, 5.41) is 10.1. The predicted molar refractivity (Wildman–Crippen MR) is 148 cm³/mol. The first-order chi connectivity index (χ1) is 18.5. The Kier molecular flexibility index (Phi) is 7.35. The quantitative estimate of drug-likeness (QED) is 0.496. The van der Waals surface area contributed by atoms with Gasteiger partial charge in [-0.25, -0.2) is 18.1 Å². The third-order valence-electron chi connectivity index (χ3n) is 7.33. The summed E-state index contributed by atoms with van der Waals surface area (Å²) in [5.74, 6) is 0.0715. The van der Waals surface area contributed by atoms with Crippen LogP contribution in [0.15, 0.2) is 53.4 Å². The summed E-state index contributed by atoms with van der Waals surface area (Å²) in [7, 11) is -4.11. The van der Waals surface area contributed by atoms with Gasteiger partial charge >= 0.3 is 0 Å². The average Bonchev–Trinajstić information content (AvgIpc) is 2.85. The second-order valence-electron chi connectivity index (χ2n) is 10.9. The van der Waals surface area contributed by atoms with E-state index >= 15 is 0 Å². The number of ether oxygens (including phenoxy) is 1. The molecule has 1 aliphatic heterocycles. The van der Waals surface area contributed by atoms with E-state index in [1.54, 1.807) is 23.1 Å². The highest BCUT2D eigenvalue weighted by Crippen LogP contribution is 2.33. The number of fused-ring (bicyclic) bond motifs is 4. The molecular formula is C29H34N4O5S. The molecule has 1 amide bonds. The van der Waals surface area contributed by atoms with Gasteiger partial charge < -0.3 is 14.7 Å². The van der Waals surface area contributed by atoms with E-state index in [4.69, 9.17) is 4.74 Å². The lowest BCUT2D eigenvalue weighted by Gasteiger charge is -2.45. The second kappa shape index (κ2) is 10.6. The number of nitrogens with zero attached hydrogens (tertiary/aromatic N) is 3. The van der Waals surface area contributed by atoms with E-state index in [1.165, 1.54) is 12.1 Å². The van der Waals surface area contributed by atoms with Crippen LogP contribution in [0.1, 0.15) is 54.6 Å². The van der Waals surface area contributed by atoms with Gasteiger partial charge in [0.05, 0.1) is 22.7 Å². The molecule has 2 aliphatic rings. The summed E-state index contributed by atoms with van der Waals surface area (Å²) in [6, 6.07) is 13.1. The highest BCUT2D eigenvalue weighted by atomic mass is 32.2. The second-order valence-corrected chi connectivity index (χ2v) is 12.6. The van der Waals surface area contributed by atoms with Crippen LogP contribution >= 0.6 is 0 Å². The maximum absolute atomic E-state index is 13.9. The molecule has 4 bridgehead atoms. The molecule has 9 nitrogen and oxygen atoms in total. The van der Waals surface area contributed by atoms with Gasteiger partial charge in [0.25, 0.3) is 15.9 Å². The maximum Gasteiger partial charge on any atom is 0.264 e. The average molecular weight is 551 g/mol. The molecule has 0 spiro atoms. The first kappa shape index (κ1) is 27.1. The monoisotopic (exact) mass is 550 g/mol. The Morgan fingerprint density at radius 1 is 1.08 bits per heavy atom. The van der Waals surface area contributed by atoms with Crippen molar-refractivity contribution in [3.8, 4) is 17.1 Å². The van der Waals surface area contributed by atoms with E-state index in [9.17, 15) is 18.3 Å². The molecule has 0 radical (unpaired) electrons. The van der Waals surface area contributed by atoms with E-state index in [0.717, 1.165) is 16.7 Å². The van der Waals surface area contributed by atoms with Crippen molar-refractivity contribution >= 4 is 21.9 Å². The van der Waals surface area contributed by atoms with Crippen LogP contribution in [0.4, 0.5) is 5.95 Å². The number of carbonyl (C=O) groups excluding carboxylic acids is 1. The Hall–Kier alpha value is -3.50. The highest BCUT2D eigenvalue weighted by molar-refractivity contribution is 7.92. The van der Waals surface area contributed by atoms with E-state index in [0.29, 0.717) is 25.0 Å². The van der Waals surface area contributed by atoms with Gasteiger partial charge in [0.2, 0.25) is 11.8 Å². The Labute approximate surface area is 229 Å². The fraction of sp³-hybridized carbons (Fsp3) is 0.414. The molecule has 0 saturated heterocycles. The zero-order chi connectivity index (χ0) is 27.9. The number of aliphatic hydroxyl groups excluding tert-OH is 1. The topological polar surface area (TPSA) is 122 Å². The summed E-state index contributed by atoms with van der Waals surface area (Å²) in [5.41, 5.74) is 3.63. The molecule has 206 valence electrons. The van der Waals surface area contributed by atoms with Crippen LogP contribution in [0.2, 0.25) is 0 Å². The molecule has 39 heavy (non-hydrogen) atoms. The number of aryl methyl sites for hydroxylation is 2. The number of carbonyl (C=O) groups is 1. The largest absolute Gasteiger partial charge is 0.475 e. The molecule has 1 aliphatic carbocycles. The normalized spacial score (nSPS) is 22.6. The van der Waals surface area contributed by atoms with Gasteiger partial charge in [-0.2, -0.15) is 4.98 Å². The van der Waals surface area contributed by atoms with Crippen molar-refractivity contribution < 1.29 is 23.1 Å². The standard InChI is InChI=1S/C29H34N4O5S/c1-17(2)11-22-16-38-26-15-25(27-18(3)7-5-8-19(27)4)30-29(31-26)32-39(36,37)24-10-6-9-20(12-24)28(35)33(22)21-13-23(34)14-21/h5-10,12,15,17,21-23,34H,11,13-14,16H2,1-4H3,(H,30,31,32)/t21?,22-,23?/m1/s1. The Morgan fingerprint density at radius 2 is 1.77 bits per heavy atom. The van der Waals surface area contributed by atoms with E-state index in [2.05, 4.69) is 28.5 Å². The number of aromatic nitrogens is 2. The Morgan fingerprint density at radius 3 is 2.44 bits per heavy atom. The van der Waals surface area contributed by atoms with Crippen LogP contribution in [0.5, 0.6) is 5.88 Å². The van der Waals surface area contributed by atoms with Gasteiger partial charge in [-0.15, -0.1) is 0 Å². The van der Waals surface area contributed by atoms with Crippen LogP contribution in [0.25, 0.3) is 11.3 Å². The summed E-state index contributed by atoms with van der Waals surface area (Å²) >= 11 is 0. The molecule has 10 heteroatoms. The first-order valence-electron chi connectivity index (χ1n) is 13.2. The number of nitrogens with one attached hydrogen (secondary N) is 1. The molecule has 2 N–H and O–H groups in total. The first-order valence-corrected chi connectivity index (χ1v) is 14.7. The number of anilines is 1. The van der Waals surface area contributed by atoms with Gasteiger partial charge in [0.15, 0.2) is 0 Å². The lowest BCUT2D eigenvalue weighted by molar-refractivity contribution is -0.0195. The molecular weight excluding hydrogens is 516 g/mol. The van der Waals surface area contributed by atoms with Gasteiger partial charge in [-0.3, -0.25) is 4.79 Å². The summed E-state index contributed by atoms with van der Waals surface area (Å²) < 4.78 is 35.5. The van der Waals surface area contributed by atoms with E-state index in [1.807, 2.05) is 32.0 Å². The van der Waals surface area contributed by atoms with Crippen molar-refractivity contribution in [2.45, 2.75) is 70.0 Å². The number of amides is 1. The molecule has 2 aromatic carbocycles. The number of hydrogen-bond donors (Lipinski definition) is 2. The molecule has 3 aromatic rings. The minimum Gasteiger partial charge on any atom is -0.475 e. The van der Waals surface area contributed by atoms with Gasteiger partial charge in [-0.05, 0) is 68.4 Å². The van der Waals surface area contributed by atoms with Crippen molar-refractivity contribution in [1.29, 1.82) is 0 Å². The third kappa shape index (κ3) is 5.62. The number of benzene rings is 2. The number of hydrogen-bond acceptors (Lipinski definition) is 7. The summed E-state index contributed by atoms with van der Waals surface area (Å²) in [6.45, 7) is 8.26. The Bertz CT molecular complexity index is 1480. The minimum absolute atomic E-state index is 0.0647. The van der Waals surface area contributed by atoms with Crippen LogP contribution < -0.4 is 9.46 Å². The highest BCUT2D eigenvalue weighted by Gasteiger charge is 2.40. The molecule has 0 unspecified atom stereocenters. The Balaban J connectivity index is 1.66.